The summed E-state index contributed by atoms with van der Waals surface area (Å²) in [4.78, 5) is 13.3. The summed E-state index contributed by atoms with van der Waals surface area (Å²) in [6.45, 7) is 19.7. The molecule has 6 heteroatoms. The number of rotatable bonds is 14. The molecule has 0 radical (unpaired) electrons. The van der Waals surface area contributed by atoms with Crippen LogP contribution in [0.3, 0.4) is 0 Å². The van der Waals surface area contributed by atoms with Crippen molar-refractivity contribution in [1.29, 1.82) is 0 Å². The van der Waals surface area contributed by atoms with Gasteiger partial charge in [-0.1, -0.05) is 54.8 Å². The molecule has 0 saturated heterocycles. The molecule has 0 heterocycles. The van der Waals surface area contributed by atoms with E-state index in [1.807, 2.05) is 20.9 Å². The van der Waals surface area contributed by atoms with E-state index in [1.165, 1.54) is 38.9 Å². The summed E-state index contributed by atoms with van der Waals surface area (Å²) in [6, 6.07) is 38.1. The minimum atomic E-state index is -0.510. The predicted octanol–water partition coefficient (Wildman–Crippen LogP) is 13.6. The average molecular weight is 814 g/mol. The summed E-state index contributed by atoms with van der Waals surface area (Å²) in [6.07, 6.45) is 4.54. The molecule has 0 spiro atoms. The van der Waals surface area contributed by atoms with E-state index in [0.717, 1.165) is 100 Å². The highest BCUT2D eigenvalue weighted by Crippen LogP contribution is 2.41. The van der Waals surface area contributed by atoms with Gasteiger partial charge < -0.3 is 26.0 Å². The van der Waals surface area contributed by atoms with Gasteiger partial charge in [-0.2, -0.15) is 0 Å². The molecule has 6 nitrogen and oxygen atoms in total. The van der Waals surface area contributed by atoms with Gasteiger partial charge >= 0.3 is 5.97 Å². The van der Waals surface area contributed by atoms with Gasteiger partial charge in [0, 0.05) is 40.1 Å². The number of anilines is 5. The van der Waals surface area contributed by atoms with E-state index in [-0.39, 0.29) is 18.1 Å². The van der Waals surface area contributed by atoms with Gasteiger partial charge in [-0.25, -0.2) is 0 Å². The van der Waals surface area contributed by atoms with Crippen molar-refractivity contribution in [1.82, 2.24) is 5.32 Å². The van der Waals surface area contributed by atoms with Crippen molar-refractivity contribution in [3.63, 3.8) is 0 Å². The van der Waals surface area contributed by atoms with E-state index in [1.54, 1.807) is 0 Å². The third-order valence-corrected chi connectivity index (χ3v) is 12.7. The molecule has 4 N–H and O–H groups in total. The zero-order chi connectivity index (χ0) is 43.4. The van der Waals surface area contributed by atoms with Crippen LogP contribution in [-0.2, 0) is 16.1 Å². The molecule has 0 aromatic heterocycles. The molecule has 1 saturated carbocycles. The molecule has 1 aliphatic rings. The number of ether oxygens (including phenoxy) is 1. The second kappa shape index (κ2) is 18.5. The van der Waals surface area contributed by atoms with Crippen LogP contribution in [0.5, 0.6) is 0 Å². The molecule has 1 aliphatic carbocycles. The molecule has 61 heavy (non-hydrogen) atoms. The molecule has 316 valence electrons. The largest absolute Gasteiger partial charge is 0.460 e. The van der Waals surface area contributed by atoms with Gasteiger partial charge in [0.1, 0.15) is 6.10 Å². The Morgan fingerprint density at radius 2 is 1.20 bits per heavy atom. The first kappa shape index (κ1) is 43.4. The van der Waals surface area contributed by atoms with Gasteiger partial charge in [0.25, 0.3) is 0 Å². The fraction of sp³-hybridized carbons (Fsp3) is 0.345. The van der Waals surface area contributed by atoms with E-state index < -0.39 is 5.41 Å². The standard InChI is InChI=1S/C55H65N4O2/c1-11-55(8,9)54(60)61-50-15-13-12-14-49(50)59-48-27-26-46(45-25-16-40(33-56-10)32-47(45)48)51(41-17-21-43(22-18-41)57-52-36(4)28-34(2)29-37(52)5)42-19-23-44(24-20-42)58-53-38(6)30-35(3)31-39(53)7/h16-32,49-50,56-59H,11-15,33H2,1-10H3/q+1. The second-order valence-corrected chi connectivity index (χ2v) is 18.1. The number of nitrogens with one attached hydrogen (secondary N) is 4. The fourth-order valence-electron chi connectivity index (χ4n) is 9.06. The van der Waals surface area contributed by atoms with Gasteiger partial charge in [0.05, 0.1) is 39.8 Å². The Morgan fingerprint density at radius 1 is 0.672 bits per heavy atom. The predicted molar refractivity (Wildman–Crippen MR) is 258 cm³/mol. The van der Waals surface area contributed by atoms with E-state index in [9.17, 15) is 4.79 Å². The van der Waals surface area contributed by atoms with Crippen molar-refractivity contribution in [3.05, 3.63) is 165 Å². The van der Waals surface area contributed by atoms with Crippen LogP contribution in [0.25, 0.3) is 10.8 Å². The molecular formula is C55H65N4O2+. The SMILES string of the molecule is CCC(C)(C)C(=O)OC1CCCCC1Nc1ccc([C+](c2ccc(Nc3c(C)cc(C)cc3C)cc2)c2ccc(Nc3c(C)cc(C)cc3C)cc2)c2ccc(CNC)cc12. The molecule has 2 atom stereocenters. The van der Waals surface area contributed by atoms with E-state index in [0.29, 0.717) is 0 Å². The molecule has 6 aromatic rings. The molecule has 0 aliphatic heterocycles. The monoisotopic (exact) mass is 814 g/mol. The number of aryl methyl sites for hydroxylation is 6. The number of fused-ring (bicyclic) bond motifs is 1. The Bertz CT molecular complexity index is 2350. The number of hydrogen-bond donors (Lipinski definition) is 4. The smallest absolute Gasteiger partial charge is 0.311 e. The third kappa shape index (κ3) is 9.76. The zero-order valence-corrected chi connectivity index (χ0v) is 38.0. The van der Waals surface area contributed by atoms with Crippen molar-refractivity contribution in [2.24, 2.45) is 5.41 Å². The second-order valence-electron chi connectivity index (χ2n) is 18.1. The first-order valence-electron chi connectivity index (χ1n) is 22.2. The Labute approximate surface area is 364 Å². The van der Waals surface area contributed by atoms with Gasteiger partial charge in [0.15, 0.2) is 0 Å². The van der Waals surface area contributed by atoms with Crippen LogP contribution in [0.4, 0.5) is 28.4 Å². The van der Waals surface area contributed by atoms with Gasteiger partial charge in [-0.05, 0) is 189 Å². The molecule has 2 unspecified atom stereocenters. The summed E-state index contributed by atoms with van der Waals surface area (Å²) in [5.41, 5.74) is 17.1. The molecule has 7 rings (SSSR count). The number of esters is 1. The van der Waals surface area contributed by atoms with Crippen LogP contribution in [-0.4, -0.2) is 25.2 Å². The lowest BCUT2D eigenvalue weighted by molar-refractivity contribution is -0.161. The molecule has 1 fully saturated rings. The maximum atomic E-state index is 13.3. The number of carbonyl (C=O) groups is 1. The molecule has 6 aromatic carbocycles. The van der Waals surface area contributed by atoms with Crippen molar-refractivity contribution in [2.45, 2.75) is 113 Å². The van der Waals surface area contributed by atoms with Crippen LogP contribution >= 0.6 is 0 Å². The number of benzene rings is 6. The van der Waals surface area contributed by atoms with Crippen LogP contribution in [0.2, 0.25) is 0 Å². The van der Waals surface area contributed by atoms with E-state index in [4.69, 9.17) is 4.74 Å². The van der Waals surface area contributed by atoms with Crippen molar-refractivity contribution >= 4 is 45.2 Å². The Morgan fingerprint density at radius 3 is 1.70 bits per heavy atom. The maximum absolute atomic E-state index is 13.3. The van der Waals surface area contributed by atoms with Gasteiger partial charge in [0.2, 0.25) is 0 Å². The summed E-state index contributed by atoms with van der Waals surface area (Å²) in [7, 11) is 1.99. The zero-order valence-electron chi connectivity index (χ0n) is 38.0. The Hall–Kier alpha value is -5.72. The highest BCUT2D eigenvalue weighted by molar-refractivity contribution is 5.99. The Balaban J connectivity index is 1.30. The Kier molecular flexibility index (Phi) is 13.1. The lowest BCUT2D eigenvalue weighted by atomic mass is 9.82. The van der Waals surface area contributed by atoms with Gasteiger partial charge in [-0.15, -0.1) is 0 Å². The van der Waals surface area contributed by atoms with Crippen LogP contribution in [0, 0.1) is 52.9 Å². The summed E-state index contributed by atoms with van der Waals surface area (Å²) in [5, 5.41) is 17.0. The van der Waals surface area contributed by atoms with Crippen molar-refractivity contribution < 1.29 is 9.53 Å². The van der Waals surface area contributed by atoms with E-state index >= 15 is 0 Å². The lowest BCUT2D eigenvalue weighted by Gasteiger charge is -2.35. The first-order chi connectivity index (χ1) is 29.2. The van der Waals surface area contributed by atoms with Crippen LogP contribution in [0.1, 0.15) is 109 Å². The third-order valence-electron chi connectivity index (χ3n) is 12.7. The first-order valence-corrected chi connectivity index (χ1v) is 22.2. The van der Waals surface area contributed by atoms with Crippen molar-refractivity contribution in [3.8, 4) is 0 Å². The summed E-state index contributed by atoms with van der Waals surface area (Å²) >= 11 is 0. The minimum absolute atomic E-state index is 0.0255. The molecule has 0 amide bonds. The van der Waals surface area contributed by atoms with Crippen LogP contribution in [0.15, 0.2) is 103 Å². The minimum Gasteiger partial charge on any atom is -0.460 e. The van der Waals surface area contributed by atoms with E-state index in [2.05, 4.69) is 173 Å². The highest BCUT2D eigenvalue weighted by Gasteiger charge is 2.35. The molecular weight excluding hydrogens is 749 g/mol. The maximum Gasteiger partial charge on any atom is 0.311 e. The normalized spacial score (nSPS) is 15.4. The lowest BCUT2D eigenvalue weighted by Crippen LogP contribution is -2.42. The topological polar surface area (TPSA) is 74.4 Å². The van der Waals surface area contributed by atoms with Crippen LogP contribution < -0.4 is 21.3 Å². The van der Waals surface area contributed by atoms with Crippen molar-refractivity contribution in [2.75, 3.05) is 23.0 Å². The quantitative estimate of drug-likeness (QED) is 0.0499. The number of carbonyl (C=O) groups excluding carboxylic acids is 1. The molecule has 0 bridgehead atoms. The average Bonchev–Trinajstić information content (AvgIpc) is 3.23. The van der Waals surface area contributed by atoms with Gasteiger partial charge in [-0.3, -0.25) is 4.79 Å². The summed E-state index contributed by atoms with van der Waals surface area (Å²) in [5.74, 6) is 1.05. The summed E-state index contributed by atoms with van der Waals surface area (Å²) < 4.78 is 6.29. The fourth-order valence-corrected chi connectivity index (χ4v) is 9.06. The highest BCUT2D eigenvalue weighted by atomic mass is 16.5. The number of hydrogen-bond acceptors (Lipinski definition) is 6.